The summed E-state index contributed by atoms with van der Waals surface area (Å²) in [5.41, 5.74) is 0.442. The van der Waals surface area contributed by atoms with Crippen molar-refractivity contribution in [2.45, 2.75) is 17.1 Å². The van der Waals surface area contributed by atoms with E-state index in [-0.39, 0.29) is 41.9 Å². The van der Waals surface area contributed by atoms with Crippen LogP contribution in [0.1, 0.15) is 5.56 Å². The van der Waals surface area contributed by atoms with E-state index < -0.39 is 10.0 Å². The number of hydrogen-bond donors (Lipinski definition) is 2. The highest BCUT2D eigenvalue weighted by atomic mass is 35.5. The van der Waals surface area contributed by atoms with Gasteiger partial charge in [0.05, 0.1) is 28.7 Å². The first-order chi connectivity index (χ1) is 11.1. The number of rotatable bonds is 5. The average molecular weight is 409 g/mol. The van der Waals surface area contributed by atoms with E-state index in [4.69, 9.17) is 10.00 Å². The summed E-state index contributed by atoms with van der Waals surface area (Å²) in [6.45, 7) is 4.36. The van der Waals surface area contributed by atoms with Gasteiger partial charge in [-0.05, 0) is 24.3 Å². The lowest BCUT2D eigenvalue weighted by molar-refractivity contribution is -0.102. The molecule has 2 atom stereocenters. The molecule has 0 amide bonds. The Kier molecular flexibility index (Phi) is 8.57. The quantitative estimate of drug-likeness (QED) is 0.729. The lowest BCUT2D eigenvalue weighted by atomic mass is 10.1. The van der Waals surface area contributed by atoms with E-state index in [1.54, 1.807) is 0 Å². The molecule has 0 aromatic heterocycles. The van der Waals surface area contributed by atoms with Crippen molar-refractivity contribution in [3.8, 4) is 6.07 Å². The van der Waals surface area contributed by atoms with E-state index in [0.717, 1.165) is 26.2 Å². The highest BCUT2D eigenvalue weighted by Gasteiger charge is 2.30. The van der Waals surface area contributed by atoms with Gasteiger partial charge in [0.25, 0.3) is 0 Å². The summed E-state index contributed by atoms with van der Waals surface area (Å²) in [5, 5.41) is 12.1. The Bertz CT molecular complexity index is 682. The molecular formula is C15H22Cl2N4O3S. The SMILES string of the molecule is Cl.Cl.N#Cc1ccc(S(=O)(=O)NCCN2CC3CNCC(C2)O3)cc1. The standard InChI is InChI=1S/C15H20N4O3S.2ClH/c16-7-12-1-3-15(4-2-12)23(20,21)18-5-6-19-10-13-8-17-9-14(11-19)22-13;;/h1-4,13-14,17-18H,5-6,8-11H2;2*1H. The lowest BCUT2D eigenvalue weighted by Crippen LogP contribution is -2.59. The molecule has 2 bridgehead atoms. The summed E-state index contributed by atoms with van der Waals surface area (Å²) in [4.78, 5) is 2.42. The van der Waals surface area contributed by atoms with Crippen molar-refractivity contribution in [1.82, 2.24) is 14.9 Å². The van der Waals surface area contributed by atoms with E-state index in [9.17, 15) is 8.42 Å². The minimum Gasteiger partial charge on any atom is -0.370 e. The second-order valence-electron chi connectivity index (χ2n) is 5.83. The Labute approximate surface area is 160 Å². The number of nitrogens with zero attached hydrogens (tertiary/aromatic N) is 2. The van der Waals surface area contributed by atoms with Gasteiger partial charge in [-0.25, -0.2) is 13.1 Å². The summed E-state index contributed by atoms with van der Waals surface area (Å²) >= 11 is 0. The number of benzene rings is 1. The van der Waals surface area contributed by atoms with Crippen molar-refractivity contribution >= 4 is 34.8 Å². The first-order valence-corrected chi connectivity index (χ1v) is 9.13. The monoisotopic (exact) mass is 408 g/mol. The van der Waals surface area contributed by atoms with Gasteiger partial charge in [-0.3, -0.25) is 4.90 Å². The normalized spacial score (nSPS) is 23.0. The Morgan fingerprint density at radius 2 is 1.80 bits per heavy atom. The average Bonchev–Trinajstić information content (AvgIpc) is 2.54. The summed E-state index contributed by atoms with van der Waals surface area (Å²) in [5.74, 6) is 0. The molecular weight excluding hydrogens is 387 g/mol. The van der Waals surface area contributed by atoms with Crippen LogP contribution in [-0.2, 0) is 14.8 Å². The third-order valence-electron chi connectivity index (χ3n) is 4.07. The topological polar surface area (TPSA) is 94.5 Å². The van der Waals surface area contributed by atoms with Crippen molar-refractivity contribution < 1.29 is 13.2 Å². The van der Waals surface area contributed by atoms with Gasteiger partial charge in [-0.15, -0.1) is 24.8 Å². The minimum absolute atomic E-state index is 0. The number of halogens is 2. The van der Waals surface area contributed by atoms with Crippen LogP contribution in [0, 0.1) is 11.3 Å². The van der Waals surface area contributed by atoms with E-state index in [1.165, 1.54) is 24.3 Å². The van der Waals surface area contributed by atoms with Crippen LogP contribution in [0.3, 0.4) is 0 Å². The fourth-order valence-corrected chi connectivity index (χ4v) is 3.97. The van der Waals surface area contributed by atoms with Crippen LogP contribution in [0.4, 0.5) is 0 Å². The zero-order valence-electron chi connectivity index (χ0n) is 13.6. The van der Waals surface area contributed by atoms with Gasteiger partial charge in [0.2, 0.25) is 10.0 Å². The van der Waals surface area contributed by atoms with Gasteiger partial charge in [0.1, 0.15) is 0 Å². The summed E-state index contributed by atoms with van der Waals surface area (Å²) in [6, 6.07) is 7.88. The van der Waals surface area contributed by atoms with Crippen LogP contribution in [-0.4, -0.2) is 64.8 Å². The molecule has 140 valence electrons. The van der Waals surface area contributed by atoms with Crippen LogP contribution < -0.4 is 10.0 Å². The maximum Gasteiger partial charge on any atom is 0.240 e. The Balaban J connectivity index is 0.00000156. The molecule has 3 rings (SSSR count). The van der Waals surface area contributed by atoms with Crippen LogP contribution in [0.15, 0.2) is 29.2 Å². The van der Waals surface area contributed by atoms with Gasteiger partial charge in [0.15, 0.2) is 0 Å². The lowest BCUT2D eigenvalue weighted by Gasteiger charge is -2.41. The highest BCUT2D eigenvalue weighted by Crippen LogP contribution is 2.14. The van der Waals surface area contributed by atoms with Gasteiger partial charge < -0.3 is 10.1 Å². The molecule has 2 aliphatic rings. The molecule has 10 heteroatoms. The summed E-state index contributed by atoms with van der Waals surface area (Å²) in [7, 11) is -3.53. The van der Waals surface area contributed by atoms with E-state index in [0.29, 0.717) is 18.7 Å². The molecule has 2 saturated heterocycles. The van der Waals surface area contributed by atoms with Crippen LogP contribution >= 0.6 is 24.8 Å². The number of morpholine rings is 2. The molecule has 2 fully saturated rings. The Morgan fingerprint density at radius 3 is 2.36 bits per heavy atom. The molecule has 2 unspecified atom stereocenters. The summed E-state index contributed by atoms with van der Waals surface area (Å²) in [6.07, 6.45) is 0.385. The molecule has 0 aliphatic carbocycles. The maximum absolute atomic E-state index is 12.2. The third kappa shape index (κ3) is 5.79. The Morgan fingerprint density at radius 1 is 1.20 bits per heavy atom. The van der Waals surface area contributed by atoms with E-state index >= 15 is 0 Å². The number of nitrogens with one attached hydrogen (secondary N) is 2. The smallest absolute Gasteiger partial charge is 0.240 e. The fourth-order valence-electron chi connectivity index (χ4n) is 2.95. The molecule has 7 nitrogen and oxygen atoms in total. The molecule has 2 N–H and O–H groups in total. The van der Waals surface area contributed by atoms with Crippen LogP contribution in [0.5, 0.6) is 0 Å². The van der Waals surface area contributed by atoms with Crippen LogP contribution in [0.25, 0.3) is 0 Å². The maximum atomic E-state index is 12.2. The number of nitriles is 1. The predicted octanol–water partition coefficient (Wildman–Crippen LogP) is 0.353. The van der Waals surface area contributed by atoms with Crippen molar-refractivity contribution in [2.24, 2.45) is 0 Å². The molecule has 1 aromatic rings. The molecule has 2 heterocycles. The van der Waals surface area contributed by atoms with E-state index in [1.807, 2.05) is 6.07 Å². The molecule has 0 saturated carbocycles. The molecule has 0 spiro atoms. The zero-order chi connectivity index (χ0) is 16.3. The second kappa shape index (κ2) is 9.69. The molecule has 0 radical (unpaired) electrons. The minimum atomic E-state index is -3.53. The van der Waals surface area contributed by atoms with Gasteiger partial charge in [-0.2, -0.15) is 5.26 Å². The highest BCUT2D eigenvalue weighted by molar-refractivity contribution is 7.89. The van der Waals surface area contributed by atoms with Crippen molar-refractivity contribution in [3.63, 3.8) is 0 Å². The van der Waals surface area contributed by atoms with Crippen molar-refractivity contribution in [2.75, 3.05) is 39.3 Å². The van der Waals surface area contributed by atoms with E-state index in [2.05, 4.69) is 14.9 Å². The summed E-state index contributed by atoms with van der Waals surface area (Å²) < 4.78 is 32.9. The van der Waals surface area contributed by atoms with Crippen LogP contribution in [0.2, 0.25) is 0 Å². The number of ether oxygens (including phenoxy) is 1. The first-order valence-electron chi connectivity index (χ1n) is 7.65. The second-order valence-corrected chi connectivity index (χ2v) is 7.60. The largest absolute Gasteiger partial charge is 0.370 e. The fraction of sp³-hybridized carbons (Fsp3) is 0.533. The Hall–Kier alpha value is -0.920. The third-order valence-corrected chi connectivity index (χ3v) is 5.54. The number of fused-ring (bicyclic) bond motifs is 2. The predicted molar refractivity (Wildman–Crippen MR) is 98.8 cm³/mol. The number of hydrogen-bond acceptors (Lipinski definition) is 6. The van der Waals surface area contributed by atoms with Gasteiger partial charge in [0, 0.05) is 39.3 Å². The van der Waals surface area contributed by atoms with Crippen molar-refractivity contribution in [3.05, 3.63) is 29.8 Å². The van der Waals surface area contributed by atoms with Crippen molar-refractivity contribution in [1.29, 1.82) is 5.26 Å². The first kappa shape index (κ1) is 22.1. The zero-order valence-corrected chi connectivity index (χ0v) is 16.0. The van der Waals surface area contributed by atoms with Gasteiger partial charge in [-0.1, -0.05) is 0 Å². The molecule has 25 heavy (non-hydrogen) atoms. The van der Waals surface area contributed by atoms with Gasteiger partial charge >= 0.3 is 0 Å². The number of sulfonamides is 1. The molecule has 2 aliphatic heterocycles. The molecule has 1 aromatic carbocycles.